The van der Waals surface area contributed by atoms with Crippen molar-refractivity contribution < 1.29 is 4.74 Å². The minimum absolute atomic E-state index is 0.920. The van der Waals surface area contributed by atoms with Crippen LogP contribution in [-0.4, -0.2) is 20.2 Å². The second-order valence-electron chi connectivity index (χ2n) is 5.58. The first-order chi connectivity index (χ1) is 10.3. The Hall–Kier alpha value is -2.00. The fraction of sp³-hybridized carbons (Fsp3) is 0.333. The van der Waals surface area contributed by atoms with E-state index in [2.05, 4.69) is 53.5 Å². The van der Waals surface area contributed by atoms with E-state index in [0.717, 1.165) is 31.9 Å². The normalized spacial score (nSPS) is 14.5. The molecular formula is C18H22N2O. The Morgan fingerprint density at radius 2 is 2.10 bits per heavy atom. The molecule has 0 saturated heterocycles. The van der Waals surface area contributed by atoms with Crippen molar-refractivity contribution in [3.05, 3.63) is 59.2 Å². The van der Waals surface area contributed by atoms with Gasteiger partial charge >= 0.3 is 0 Å². The number of fused-ring (bicyclic) bond motifs is 1. The Morgan fingerprint density at radius 3 is 2.90 bits per heavy atom. The third-order valence-electron chi connectivity index (χ3n) is 3.96. The minimum Gasteiger partial charge on any atom is -0.497 e. The van der Waals surface area contributed by atoms with Gasteiger partial charge in [0.1, 0.15) is 5.75 Å². The summed E-state index contributed by atoms with van der Waals surface area (Å²) in [7, 11) is 1.72. The van der Waals surface area contributed by atoms with Gasteiger partial charge < -0.3 is 15.0 Å². The topological polar surface area (TPSA) is 24.5 Å². The van der Waals surface area contributed by atoms with E-state index >= 15 is 0 Å². The largest absolute Gasteiger partial charge is 0.497 e. The molecule has 2 aromatic carbocycles. The molecule has 21 heavy (non-hydrogen) atoms. The first-order valence-electron chi connectivity index (χ1n) is 7.44. The first kappa shape index (κ1) is 14.0. The van der Waals surface area contributed by atoms with Gasteiger partial charge in [0.15, 0.2) is 0 Å². The Morgan fingerprint density at radius 1 is 1.19 bits per heavy atom. The van der Waals surface area contributed by atoms with E-state index in [-0.39, 0.29) is 0 Å². The van der Waals surface area contributed by atoms with Gasteiger partial charge in [-0.3, -0.25) is 0 Å². The van der Waals surface area contributed by atoms with Crippen LogP contribution in [0.5, 0.6) is 5.75 Å². The lowest BCUT2D eigenvalue weighted by Crippen LogP contribution is -2.28. The highest BCUT2D eigenvalue weighted by Gasteiger charge is 2.16. The summed E-state index contributed by atoms with van der Waals surface area (Å²) in [6.45, 7) is 6.01. The van der Waals surface area contributed by atoms with E-state index in [1.807, 2.05) is 6.07 Å². The molecule has 3 heteroatoms. The zero-order valence-electron chi connectivity index (χ0n) is 12.7. The van der Waals surface area contributed by atoms with Crippen LogP contribution in [0.15, 0.2) is 42.5 Å². The van der Waals surface area contributed by atoms with Gasteiger partial charge in [0.2, 0.25) is 0 Å². The van der Waals surface area contributed by atoms with Gasteiger partial charge in [0.05, 0.1) is 7.11 Å². The van der Waals surface area contributed by atoms with Crippen LogP contribution in [0.1, 0.15) is 16.7 Å². The molecule has 0 saturated carbocycles. The van der Waals surface area contributed by atoms with Gasteiger partial charge in [-0.05, 0) is 24.1 Å². The molecule has 0 atom stereocenters. The van der Waals surface area contributed by atoms with Gasteiger partial charge in [0.25, 0.3) is 0 Å². The van der Waals surface area contributed by atoms with Crippen molar-refractivity contribution in [1.82, 2.24) is 5.32 Å². The number of ether oxygens (including phenoxy) is 1. The molecule has 0 radical (unpaired) electrons. The van der Waals surface area contributed by atoms with Gasteiger partial charge in [-0.15, -0.1) is 0 Å². The van der Waals surface area contributed by atoms with Crippen LogP contribution in [0.3, 0.4) is 0 Å². The molecule has 2 aromatic rings. The van der Waals surface area contributed by atoms with Crippen LogP contribution in [-0.2, 0) is 13.1 Å². The summed E-state index contributed by atoms with van der Waals surface area (Å²) in [4.78, 5) is 2.44. The molecule has 0 unspecified atom stereocenters. The van der Waals surface area contributed by atoms with Crippen LogP contribution in [0.2, 0.25) is 0 Å². The lowest BCUT2D eigenvalue weighted by atomic mass is 10.1. The lowest BCUT2D eigenvalue weighted by Gasteiger charge is -2.25. The van der Waals surface area contributed by atoms with Crippen molar-refractivity contribution in [2.24, 2.45) is 0 Å². The molecule has 3 nitrogen and oxygen atoms in total. The summed E-state index contributed by atoms with van der Waals surface area (Å²) in [5.41, 5.74) is 5.28. The predicted molar refractivity (Wildman–Crippen MR) is 86.9 cm³/mol. The van der Waals surface area contributed by atoms with Crippen molar-refractivity contribution in [1.29, 1.82) is 0 Å². The lowest BCUT2D eigenvalue weighted by molar-refractivity contribution is 0.414. The standard InChI is InChI=1S/C18H22N2O/c1-14-4-3-5-15(10-14)13-20-9-8-19-12-16-6-7-17(21-2)11-18(16)20/h3-7,10-11,19H,8-9,12-13H2,1-2H3. The predicted octanol–water partition coefficient (Wildman–Crippen LogP) is 3.11. The highest BCUT2D eigenvalue weighted by molar-refractivity contribution is 5.58. The molecule has 3 rings (SSSR count). The van der Waals surface area contributed by atoms with E-state index in [1.165, 1.54) is 22.4 Å². The molecule has 0 amide bonds. The molecule has 1 aliphatic rings. The quantitative estimate of drug-likeness (QED) is 0.936. The second kappa shape index (κ2) is 6.19. The summed E-state index contributed by atoms with van der Waals surface area (Å²) >= 11 is 0. The molecule has 0 bridgehead atoms. The number of aryl methyl sites for hydroxylation is 1. The SMILES string of the molecule is COc1ccc2c(c1)N(Cc1cccc(C)c1)CCNC2. The number of benzene rings is 2. The van der Waals surface area contributed by atoms with Crippen LogP contribution in [0.25, 0.3) is 0 Å². The fourth-order valence-corrected chi connectivity index (χ4v) is 2.87. The first-order valence-corrected chi connectivity index (χ1v) is 7.44. The maximum atomic E-state index is 5.39. The van der Waals surface area contributed by atoms with Crippen LogP contribution >= 0.6 is 0 Å². The molecule has 0 aromatic heterocycles. The highest BCUT2D eigenvalue weighted by Crippen LogP contribution is 2.28. The average molecular weight is 282 g/mol. The molecule has 1 aliphatic heterocycles. The molecule has 1 heterocycles. The maximum Gasteiger partial charge on any atom is 0.120 e. The minimum atomic E-state index is 0.920. The fourth-order valence-electron chi connectivity index (χ4n) is 2.87. The number of hydrogen-bond donors (Lipinski definition) is 1. The van der Waals surface area contributed by atoms with Crippen LogP contribution in [0, 0.1) is 6.92 Å². The zero-order valence-corrected chi connectivity index (χ0v) is 12.7. The van der Waals surface area contributed by atoms with Gasteiger partial charge in [-0.25, -0.2) is 0 Å². The van der Waals surface area contributed by atoms with E-state index in [9.17, 15) is 0 Å². The number of methoxy groups -OCH3 is 1. The number of nitrogens with zero attached hydrogens (tertiary/aromatic N) is 1. The smallest absolute Gasteiger partial charge is 0.120 e. The molecule has 0 aliphatic carbocycles. The van der Waals surface area contributed by atoms with E-state index in [4.69, 9.17) is 4.74 Å². The Bertz CT molecular complexity index is 624. The number of anilines is 1. The van der Waals surface area contributed by atoms with Crippen molar-refractivity contribution in [2.45, 2.75) is 20.0 Å². The Balaban J connectivity index is 1.92. The number of hydrogen-bond acceptors (Lipinski definition) is 3. The van der Waals surface area contributed by atoms with Crippen molar-refractivity contribution in [3.63, 3.8) is 0 Å². The maximum absolute atomic E-state index is 5.39. The molecule has 0 spiro atoms. The molecule has 1 N–H and O–H groups in total. The van der Waals surface area contributed by atoms with Gasteiger partial charge in [-0.1, -0.05) is 35.9 Å². The summed E-state index contributed by atoms with van der Waals surface area (Å²) in [6, 6.07) is 15.1. The number of nitrogens with one attached hydrogen (secondary N) is 1. The highest BCUT2D eigenvalue weighted by atomic mass is 16.5. The number of rotatable bonds is 3. The summed E-state index contributed by atoms with van der Waals surface area (Å²) in [5, 5.41) is 3.49. The Kier molecular flexibility index (Phi) is 4.11. The monoisotopic (exact) mass is 282 g/mol. The third kappa shape index (κ3) is 3.19. The molecular weight excluding hydrogens is 260 g/mol. The van der Waals surface area contributed by atoms with Gasteiger partial charge in [-0.2, -0.15) is 0 Å². The second-order valence-corrected chi connectivity index (χ2v) is 5.58. The zero-order chi connectivity index (χ0) is 14.7. The third-order valence-corrected chi connectivity index (χ3v) is 3.96. The molecule has 0 fully saturated rings. The van der Waals surface area contributed by atoms with Crippen molar-refractivity contribution in [3.8, 4) is 5.75 Å². The summed E-state index contributed by atoms with van der Waals surface area (Å²) < 4.78 is 5.39. The van der Waals surface area contributed by atoms with Crippen LogP contribution in [0.4, 0.5) is 5.69 Å². The summed E-state index contributed by atoms with van der Waals surface area (Å²) in [6.07, 6.45) is 0. The Labute approximate surface area is 126 Å². The average Bonchev–Trinajstić information content (AvgIpc) is 2.69. The van der Waals surface area contributed by atoms with E-state index in [1.54, 1.807) is 7.11 Å². The van der Waals surface area contributed by atoms with Crippen molar-refractivity contribution in [2.75, 3.05) is 25.1 Å². The van der Waals surface area contributed by atoms with Crippen LogP contribution < -0.4 is 15.0 Å². The van der Waals surface area contributed by atoms with E-state index in [0.29, 0.717) is 0 Å². The van der Waals surface area contributed by atoms with E-state index < -0.39 is 0 Å². The molecule has 110 valence electrons. The summed E-state index contributed by atoms with van der Waals surface area (Å²) in [5.74, 6) is 0.921. The van der Waals surface area contributed by atoms with Crippen molar-refractivity contribution >= 4 is 5.69 Å². The van der Waals surface area contributed by atoms with Gasteiger partial charge in [0, 0.05) is 37.9 Å².